The van der Waals surface area contributed by atoms with E-state index in [1.54, 1.807) is 0 Å². The smallest absolute Gasteiger partial charge is 0.346 e. The number of rotatable bonds is 6. The second-order valence-electron chi connectivity index (χ2n) is 7.23. The number of fused-ring (bicyclic) bond motifs is 1. The molecule has 2 aliphatic heterocycles. The van der Waals surface area contributed by atoms with Gasteiger partial charge < -0.3 is 18.9 Å². The van der Waals surface area contributed by atoms with Crippen LogP contribution < -0.4 is 9.47 Å². The molecule has 2 heterocycles. The van der Waals surface area contributed by atoms with Gasteiger partial charge in [-0.25, -0.2) is 28.8 Å². The van der Waals surface area contributed by atoms with Gasteiger partial charge in [-0.2, -0.15) is 0 Å². The summed E-state index contributed by atoms with van der Waals surface area (Å²) in [6.45, 7) is 4.82. The highest BCUT2D eigenvalue weighted by Gasteiger charge is 2.31. The van der Waals surface area contributed by atoms with Gasteiger partial charge >= 0.3 is 35.8 Å². The second kappa shape index (κ2) is 9.02. The third kappa shape index (κ3) is 4.53. The highest BCUT2D eigenvalue weighted by atomic mass is 16.6. The molecule has 0 unspecified atom stereocenters. The van der Waals surface area contributed by atoms with Gasteiger partial charge in [-0.3, -0.25) is 0 Å². The van der Waals surface area contributed by atoms with E-state index in [9.17, 15) is 28.8 Å². The molecule has 0 aromatic heterocycles. The first kappa shape index (κ1) is 23.1. The van der Waals surface area contributed by atoms with E-state index in [1.165, 1.54) is 49.4 Å². The SMILES string of the molecule is C=CC1=C(/C=C(\C)C(=O)Oc2cccc(OC(=O)c3ccc4c(c3)C(=O)OC4=O)c2)C(=O)OC1=O. The fourth-order valence-corrected chi connectivity index (χ4v) is 3.19. The van der Waals surface area contributed by atoms with Crippen LogP contribution in [0.5, 0.6) is 11.5 Å². The number of hydrogen-bond acceptors (Lipinski definition) is 10. The molecule has 0 fully saturated rings. The Kier molecular flexibility index (Phi) is 5.94. The van der Waals surface area contributed by atoms with Crippen LogP contribution in [0, 0.1) is 0 Å². The molecule has 0 radical (unpaired) electrons. The van der Waals surface area contributed by atoms with Gasteiger partial charge in [0.15, 0.2) is 0 Å². The molecular weight excluding hydrogens is 460 g/mol. The summed E-state index contributed by atoms with van der Waals surface area (Å²) in [5.41, 5.74) is -0.191. The number of ether oxygens (including phenoxy) is 4. The van der Waals surface area contributed by atoms with E-state index >= 15 is 0 Å². The Balaban J connectivity index is 1.47. The van der Waals surface area contributed by atoms with Gasteiger partial charge in [0.1, 0.15) is 11.5 Å². The average Bonchev–Trinajstić information content (AvgIpc) is 3.26. The van der Waals surface area contributed by atoms with E-state index in [1.807, 2.05) is 0 Å². The van der Waals surface area contributed by atoms with Crippen molar-refractivity contribution in [2.75, 3.05) is 0 Å². The number of benzene rings is 2. The Bertz CT molecular complexity index is 1420. The molecule has 0 saturated carbocycles. The van der Waals surface area contributed by atoms with Crippen molar-refractivity contribution in [3.8, 4) is 11.5 Å². The molecule has 10 heteroatoms. The number of hydrogen-bond donors (Lipinski definition) is 0. The molecule has 0 amide bonds. The molecule has 0 spiro atoms. The summed E-state index contributed by atoms with van der Waals surface area (Å²) >= 11 is 0. The summed E-state index contributed by atoms with van der Waals surface area (Å²) < 4.78 is 19.5. The van der Waals surface area contributed by atoms with Gasteiger partial charge in [0, 0.05) is 11.6 Å². The highest BCUT2D eigenvalue weighted by Crippen LogP contribution is 2.25. The van der Waals surface area contributed by atoms with Crippen LogP contribution in [0.3, 0.4) is 0 Å². The van der Waals surface area contributed by atoms with Gasteiger partial charge in [0.25, 0.3) is 0 Å². The highest BCUT2D eigenvalue weighted by molar-refractivity contribution is 6.16. The van der Waals surface area contributed by atoms with Crippen molar-refractivity contribution in [3.05, 3.63) is 94.6 Å². The summed E-state index contributed by atoms with van der Waals surface area (Å²) in [6.07, 6.45) is 2.30. The van der Waals surface area contributed by atoms with E-state index in [4.69, 9.17) is 9.47 Å². The Morgan fingerprint density at radius 1 is 0.800 bits per heavy atom. The zero-order valence-corrected chi connectivity index (χ0v) is 18.0. The number of cyclic esters (lactones) is 4. The molecule has 35 heavy (non-hydrogen) atoms. The molecule has 2 aromatic carbocycles. The quantitative estimate of drug-likeness (QED) is 0.266. The lowest BCUT2D eigenvalue weighted by atomic mass is 10.1. The van der Waals surface area contributed by atoms with Crippen LogP contribution in [0.25, 0.3) is 0 Å². The maximum atomic E-state index is 12.5. The standard InChI is InChI=1S/C25H14O10/c1-3-16-18(24(30)34-22(16)28)9-12(2)20(26)32-14-5-4-6-15(11-14)33-21(27)13-7-8-17-19(10-13)25(31)35-23(17)29/h3-11H,1H2,2H3/b12-9+. The first-order valence-corrected chi connectivity index (χ1v) is 9.94. The Labute approximate surface area is 197 Å². The summed E-state index contributed by atoms with van der Waals surface area (Å²) in [5.74, 6) is -5.03. The van der Waals surface area contributed by atoms with E-state index in [0.717, 1.165) is 12.2 Å². The van der Waals surface area contributed by atoms with Crippen molar-refractivity contribution in [1.29, 1.82) is 0 Å². The number of carbonyl (C=O) groups excluding carboxylic acids is 6. The summed E-state index contributed by atoms with van der Waals surface area (Å²) in [4.78, 5) is 71.5. The third-order valence-corrected chi connectivity index (χ3v) is 4.91. The van der Waals surface area contributed by atoms with Gasteiger partial charge in [-0.05, 0) is 43.3 Å². The molecule has 0 N–H and O–H groups in total. The molecule has 0 atom stereocenters. The average molecular weight is 474 g/mol. The van der Waals surface area contributed by atoms with Crippen molar-refractivity contribution in [1.82, 2.24) is 0 Å². The van der Waals surface area contributed by atoms with Crippen LogP contribution in [-0.2, 0) is 23.9 Å². The minimum absolute atomic E-state index is 0.000806. The van der Waals surface area contributed by atoms with E-state index < -0.39 is 35.8 Å². The normalized spacial score (nSPS) is 14.9. The predicted molar refractivity (Wildman–Crippen MR) is 115 cm³/mol. The molecule has 0 aliphatic carbocycles. The zero-order chi connectivity index (χ0) is 25.3. The first-order valence-electron chi connectivity index (χ1n) is 9.94. The summed E-state index contributed by atoms with van der Waals surface area (Å²) in [7, 11) is 0. The largest absolute Gasteiger partial charge is 0.423 e. The molecule has 0 bridgehead atoms. The molecule has 2 aromatic rings. The monoisotopic (exact) mass is 474 g/mol. The lowest BCUT2D eigenvalue weighted by Gasteiger charge is -2.08. The molecule has 174 valence electrons. The topological polar surface area (TPSA) is 139 Å². The van der Waals surface area contributed by atoms with Crippen molar-refractivity contribution in [3.63, 3.8) is 0 Å². The minimum Gasteiger partial charge on any atom is -0.423 e. The zero-order valence-electron chi connectivity index (χ0n) is 18.0. The van der Waals surface area contributed by atoms with Gasteiger partial charge in [-0.15, -0.1) is 0 Å². The molecule has 4 rings (SSSR count). The minimum atomic E-state index is -0.907. The van der Waals surface area contributed by atoms with E-state index in [-0.39, 0.29) is 44.9 Å². The van der Waals surface area contributed by atoms with Crippen LogP contribution in [0.2, 0.25) is 0 Å². The van der Waals surface area contributed by atoms with Gasteiger partial charge in [-0.1, -0.05) is 18.7 Å². The van der Waals surface area contributed by atoms with Crippen molar-refractivity contribution >= 4 is 35.8 Å². The first-order chi connectivity index (χ1) is 16.7. The van der Waals surface area contributed by atoms with Crippen LogP contribution in [0.15, 0.2) is 77.9 Å². The molecule has 10 nitrogen and oxygen atoms in total. The van der Waals surface area contributed by atoms with Crippen molar-refractivity contribution in [2.45, 2.75) is 6.92 Å². The number of esters is 6. The van der Waals surface area contributed by atoms with Crippen molar-refractivity contribution < 1.29 is 47.7 Å². The van der Waals surface area contributed by atoms with Gasteiger partial charge in [0.2, 0.25) is 0 Å². The summed E-state index contributed by atoms with van der Waals surface area (Å²) in [5, 5.41) is 0. The van der Waals surface area contributed by atoms with Crippen LogP contribution in [0.1, 0.15) is 38.0 Å². The molecular formula is C25H14O10. The van der Waals surface area contributed by atoms with E-state index in [0.29, 0.717) is 0 Å². The summed E-state index contributed by atoms with van der Waals surface area (Å²) in [6, 6.07) is 9.39. The lowest BCUT2D eigenvalue weighted by molar-refractivity contribution is -0.150. The number of carbonyl (C=O) groups is 6. The fourth-order valence-electron chi connectivity index (χ4n) is 3.19. The van der Waals surface area contributed by atoms with Crippen LogP contribution >= 0.6 is 0 Å². The molecule has 0 saturated heterocycles. The lowest BCUT2D eigenvalue weighted by Crippen LogP contribution is -2.12. The Morgan fingerprint density at radius 3 is 2.14 bits per heavy atom. The van der Waals surface area contributed by atoms with Crippen molar-refractivity contribution in [2.24, 2.45) is 0 Å². The maximum Gasteiger partial charge on any atom is 0.346 e. The van der Waals surface area contributed by atoms with Crippen LogP contribution in [0.4, 0.5) is 0 Å². The van der Waals surface area contributed by atoms with Gasteiger partial charge in [0.05, 0.1) is 27.8 Å². The second-order valence-corrected chi connectivity index (χ2v) is 7.23. The van der Waals surface area contributed by atoms with E-state index in [2.05, 4.69) is 16.1 Å². The fraction of sp³-hybridized carbons (Fsp3) is 0.0400. The predicted octanol–water partition coefficient (Wildman–Crippen LogP) is 2.63. The third-order valence-electron chi connectivity index (χ3n) is 4.91. The Morgan fingerprint density at radius 2 is 1.43 bits per heavy atom. The maximum absolute atomic E-state index is 12.5. The van der Waals surface area contributed by atoms with Crippen LogP contribution in [-0.4, -0.2) is 35.8 Å². The Hall–Kier alpha value is -5.12. The molecule has 2 aliphatic rings.